The molecule has 3 N–H and O–H groups in total. The predicted octanol–water partition coefficient (Wildman–Crippen LogP) is -0.0947. The van der Waals surface area contributed by atoms with Crippen LogP contribution in [0.2, 0.25) is 0 Å². The SMILES string of the molecule is CC1Cc2cc(S(N)(=O)=O)ccc2N1C(=O)CN1CCNC[C@H]1C. The molecule has 0 aromatic heterocycles. The zero-order valence-electron chi connectivity index (χ0n) is 14.0. The summed E-state index contributed by atoms with van der Waals surface area (Å²) in [6.07, 6.45) is 0.640. The van der Waals surface area contributed by atoms with E-state index in [1.807, 2.05) is 6.92 Å². The first kappa shape index (κ1) is 17.3. The van der Waals surface area contributed by atoms with Gasteiger partial charge in [0.15, 0.2) is 0 Å². The molecule has 0 radical (unpaired) electrons. The maximum Gasteiger partial charge on any atom is 0.241 e. The first-order chi connectivity index (χ1) is 11.3. The van der Waals surface area contributed by atoms with Gasteiger partial charge >= 0.3 is 0 Å². The third-order valence-electron chi connectivity index (χ3n) is 4.84. The van der Waals surface area contributed by atoms with Gasteiger partial charge in [-0.15, -0.1) is 0 Å². The maximum atomic E-state index is 12.8. The van der Waals surface area contributed by atoms with E-state index in [2.05, 4.69) is 17.1 Å². The third kappa shape index (κ3) is 3.32. The van der Waals surface area contributed by atoms with E-state index in [9.17, 15) is 13.2 Å². The molecule has 1 amide bonds. The van der Waals surface area contributed by atoms with Crippen molar-refractivity contribution in [2.45, 2.75) is 37.2 Å². The predicted molar refractivity (Wildman–Crippen MR) is 92.4 cm³/mol. The number of hydrogen-bond acceptors (Lipinski definition) is 5. The number of anilines is 1. The molecule has 24 heavy (non-hydrogen) atoms. The summed E-state index contributed by atoms with van der Waals surface area (Å²) in [6, 6.07) is 5.09. The second kappa shape index (κ2) is 6.44. The number of rotatable bonds is 3. The van der Waals surface area contributed by atoms with E-state index in [-0.39, 0.29) is 16.8 Å². The average Bonchev–Trinajstić information content (AvgIpc) is 2.83. The van der Waals surface area contributed by atoms with Gasteiger partial charge in [-0.2, -0.15) is 0 Å². The van der Waals surface area contributed by atoms with Gasteiger partial charge in [0.25, 0.3) is 0 Å². The summed E-state index contributed by atoms with van der Waals surface area (Å²) in [6.45, 7) is 7.10. The molecule has 1 aromatic rings. The summed E-state index contributed by atoms with van der Waals surface area (Å²) in [7, 11) is -3.73. The van der Waals surface area contributed by atoms with Crippen molar-refractivity contribution < 1.29 is 13.2 Å². The van der Waals surface area contributed by atoms with Crippen LogP contribution in [0.5, 0.6) is 0 Å². The number of nitrogens with one attached hydrogen (secondary N) is 1. The van der Waals surface area contributed by atoms with E-state index in [4.69, 9.17) is 5.14 Å². The summed E-state index contributed by atoms with van der Waals surface area (Å²) >= 11 is 0. The van der Waals surface area contributed by atoms with Gasteiger partial charge in [0, 0.05) is 37.4 Å². The highest BCUT2D eigenvalue weighted by Crippen LogP contribution is 2.33. The fourth-order valence-electron chi connectivity index (χ4n) is 3.53. The number of nitrogens with two attached hydrogens (primary N) is 1. The Morgan fingerprint density at radius 3 is 2.75 bits per heavy atom. The molecule has 0 aliphatic carbocycles. The molecular weight excluding hydrogens is 328 g/mol. The topological polar surface area (TPSA) is 95.7 Å². The van der Waals surface area contributed by atoms with Gasteiger partial charge in [0.2, 0.25) is 15.9 Å². The molecule has 0 spiro atoms. The van der Waals surface area contributed by atoms with E-state index in [0.717, 1.165) is 30.9 Å². The third-order valence-corrected chi connectivity index (χ3v) is 5.75. The van der Waals surface area contributed by atoms with Gasteiger partial charge in [0.1, 0.15) is 0 Å². The van der Waals surface area contributed by atoms with Crippen molar-refractivity contribution in [3.8, 4) is 0 Å². The number of nitrogens with zero attached hydrogens (tertiary/aromatic N) is 2. The monoisotopic (exact) mass is 352 g/mol. The molecule has 1 saturated heterocycles. The molecule has 3 rings (SSSR count). The van der Waals surface area contributed by atoms with Crippen LogP contribution >= 0.6 is 0 Å². The molecule has 2 aliphatic rings. The number of carbonyl (C=O) groups excluding carboxylic acids is 1. The molecule has 2 aliphatic heterocycles. The molecule has 8 heteroatoms. The molecule has 7 nitrogen and oxygen atoms in total. The Morgan fingerprint density at radius 1 is 1.33 bits per heavy atom. The minimum absolute atomic E-state index is 0.0152. The minimum Gasteiger partial charge on any atom is -0.314 e. The summed E-state index contributed by atoms with van der Waals surface area (Å²) in [5.74, 6) is 0.0540. The van der Waals surface area contributed by atoms with Crippen LogP contribution in [0.25, 0.3) is 0 Å². The molecule has 1 fully saturated rings. The fraction of sp³-hybridized carbons (Fsp3) is 0.562. The van der Waals surface area contributed by atoms with Crippen molar-refractivity contribution in [1.82, 2.24) is 10.2 Å². The lowest BCUT2D eigenvalue weighted by atomic mass is 10.1. The van der Waals surface area contributed by atoms with Gasteiger partial charge in [0.05, 0.1) is 11.4 Å². The van der Waals surface area contributed by atoms with Crippen molar-refractivity contribution >= 4 is 21.6 Å². The molecule has 2 atom stereocenters. The fourth-order valence-corrected chi connectivity index (χ4v) is 4.10. The first-order valence-corrected chi connectivity index (χ1v) is 9.74. The molecular formula is C16H24N4O3S. The van der Waals surface area contributed by atoms with Crippen LogP contribution in [0.4, 0.5) is 5.69 Å². The Balaban J connectivity index is 1.81. The number of carbonyl (C=O) groups is 1. The van der Waals surface area contributed by atoms with Gasteiger partial charge < -0.3 is 10.2 Å². The van der Waals surface area contributed by atoms with Crippen LogP contribution < -0.4 is 15.4 Å². The Kier molecular flexibility index (Phi) is 4.65. The Bertz CT molecular complexity index is 750. The van der Waals surface area contributed by atoms with Crippen LogP contribution in [0, 0.1) is 0 Å². The van der Waals surface area contributed by atoms with Gasteiger partial charge in [-0.05, 0) is 44.0 Å². The quantitative estimate of drug-likeness (QED) is 0.792. The lowest BCUT2D eigenvalue weighted by molar-refractivity contribution is -0.120. The minimum atomic E-state index is -3.73. The number of sulfonamides is 1. The summed E-state index contributed by atoms with van der Waals surface area (Å²) in [4.78, 5) is 16.9. The molecule has 1 aromatic carbocycles. The highest BCUT2D eigenvalue weighted by Gasteiger charge is 2.33. The zero-order valence-corrected chi connectivity index (χ0v) is 14.8. The normalized spacial score (nSPS) is 24.9. The van der Waals surface area contributed by atoms with E-state index >= 15 is 0 Å². The summed E-state index contributed by atoms with van der Waals surface area (Å²) in [5.41, 5.74) is 1.65. The van der Waals surface area contributed by atoms with Gasteiger partial charge in [-0.25, -0.2) is 13.6 Å². The molecule has 132 valence electrons. The van der Waals surface area contributed by atoms with Crippen LogP contribution in [0.1, 0.15) is 19.4 Å². The summed E-state index contributed by atoms with van der Waals surface area (Å²) in [5, 5.41) is 8.51. The van der Waals surface area contributed by atoms with E-state index in [1.165, 1.54) is 6.07 Å². The average molecular weight is 352 g/mol. The van der Waals surface area contributed by atoms with Gasteiger partial charge in [-0.3, -0.25) is 9.69 Å². The number of amides is 1. The number of benzene rings is 1. The molecule has 0 bridgehead atoms. The number of fused-ring (bicyclic) bond motifs is 1. The smallest absolute Gasteiger partial charge is 0.241 e. The second-order valence-electron chi connectivity index (χ2n) is 6.68. The lowest BCUT2D eigenvalue weighted by Crippen LogP contribution is -2.53. The van der Waals surface area contributed by atoms with Crippen molar-refractivity contribution in [3.05, 3.63) is 23.8 Å². The highest BCUT2D eigenvalue weighted by atomic mass is 32.2. The molecule has 2 heterocycles. The first-order valence-electron chi connectivity index (χ1n) is 8.20. The lowest BCUT2D eigenvalue weighted by Gasteiger charge is -2.35. The van der Waals surface area contributed by atoms with Crippen LogP contribution in [0.3, 0.4) is 0 Å². The van der Waals surface area contributed by atoms with Crippen LogP contribution in [-0.2, 0) is 21.2 Å². The van der Waals surface area contributed by atoms with Crippen molar-refractivity contribution in [1.29, 1.82) is 0 Å². The standard InChI is InChI=1S/C16H24N4O3S/c1-11-7-13-8-14(24(17,22)23)3-4-15(13)20(11)16(21)10-19-6-5-18-9-12(19)2/h3-4,8,11-12,18H,5-7,9-10H2,1-2H3,(H2,17,22,23)/t11?,12-/m1/s1. The molecule has 0 saturated carbocycles. The molecule has 1 unspecified atom stereocenters. The Morgan fingerprint density at radius 2 is 2.08 bits per heavy atom. The van der Waals surface area contributed by atoms with Crippen LogP contribution in [0.15, 0.2) is 23.1 Å². The number of piperazine rings is 1. The van der Waals surface area contributed by atoms with Crippen molar-refractivity contribution in [2.24, 2.45) is 5.14 Å². The number of primary sulfonamides is 1. The van der Waals surface area contributed by atoms with E-state index in [1.54, 1.807) is 17.0 Å². The van der Waals surface area contributed by atoms with E-state index in [0.29, 0.717) is 19.0 Å². The Labute approximate surface area is 142 Å². The highest BCUT2D eigenvalue weighted by molar-refractivity contribution is 7.89. The van der Waals surface area contributed by atoms with Crippen molar-refractivity contribution in [2.75, 3.05) is 31.1 Å². The zero-order chi connectivity index (χ0) is 17.5. The van der Waals surface area contributed by atoms with Crippen molar-refractivity contribution in [3.63, 3.8) is 0 Å². The Hall–Kier alpha value is -1.48. The second-order valence-corrected chi connectivity index (χ2v) is 8.24. The van der Waals surface area contributed by atoms with Gasteiger partial charge in [-0.1, -0.05) is 0 Å². The number of hydrogen-bond donors (Lipinski definition) is 2. The maximum absolute atomic E-state index is 12.8. The van der Waals surface area contributed by atoms with Crippen LogP contribution in [-0.4, -0.2) is 57.5 Å². The summed E-state index contributed by atoms with van der Waals surface area (Å²) < 4.78 is 23.0. The largest absolute Gasteiger partial charge is 0.314 e. The van der Waals surface area contributed by atoms with E-state index < -0.39 is 10.0 Å².